The largest absolute Gasteiger partial charge is 0.367 e. The molecule has 9 heteroatoms. The lowest BCUT2D eigenvalue weighted by atomic mass is 10.1. The third-order valence-electron chi connectivity index (χ3n) is 6.54. The van der Waals surface area contributed by atoms with Crippen molar-refractivity contribution >= 4 is 28.7 Å². The fraction of sp³-hybridized carbons (Fsp3) is 0.360. The molecule has 1 saturated carbocycles. The van der Waals surface area contributed by atoms with Gasteiger partial charge in [-0.2, -0.15) is 5.10 Å². The van der Waals surface area contributed by atoms with Crippen LogP contribution < -0.4 is 15.8 Å². The maximum atomic E-state index is 15.2. The normalized spacial score (nSPS) is 16.9. The first-order valence-electron chi connectivity index (χ1n) is 11.6. The van der Waals surface area contributed by atoms with Crippen LogP contribution in [0.4, 0.5) is 10.1 Å². The number of nitrogens with zero attached hydrogens (tertiary/aromatic N) is 5. The number of pyridine rings is 2. The first-order valence-corrected chi connectivity index (χ1v) is 11.6. The molecule has 0 bridgehead atoms. The van der Waals surface area contributed by atoms with Crippen LogP contribution in [0.5, 0.6) is 0 Å². The zero-order valence-electron chi connectivity index (χ0n) is 19.1. The van der Waals surface area contributed by atoms with Crippen LogP contribution in [0.1, 0.15) is 41.7 Å². The lowest BCUT2D eigenvalue weighted by molar-refractivity contribution is 0.0955. The molecule has 1 saturated heterocycles. The average molecular weight is 463 g/mol. The van der Waals surface area contributed by atoms with Gasteiger partial charge in [0.2, 0.25) is 0 Å². The van der Waals surface area contributed by atoms with Crippen molar-refractivity contribution < 1.29 is 9.18 Å². The smallest absolute Gasteiger partial charge is 0.271 e. The molecule has 3 heterocycles. The van der Waals surface area contributed by atoms with E-state index in [9.17, 15) is 9.59 Å². The van der Waals surface area contributed by atoms with Gasteiger partial charge in [0, 0.05) is 61.8 Å². The highest BCUT2D eigenvalue weighted by Crippen LogP contribution is 2.38. The summed E-state index contributed by atoms with van der Waals surface area (Å²) in [5.41, 5.74) is 4.12. The number of hydrazone groups is 1. The predicted molar refractivity (Wildman–Crippen MR) is 130 cm³/mol. The van der Waals surface area contributed by atoms with Crippen LogP contribution in [0.15, 0.2) is 52.8 Å². The van der Waals surface area contributed by atoms with Crippen molar-refractivity contribution in [3.8, 4) is 0 Å². The second kappa shape index (κ2) is 9.34. The number of rotatable bonds is 6. The van der Waals surface area contributed by atoms with Gasteiger partial charge in [-0.05, 0) is 43.7 Å². The maximum absolute atomic E-state index is 15.2. The molecule has 1 aliphatic carbocycles. The third kappa shape index (κ3) is 4.43. The Morgan fingerprint density at radius 1 is 1.21 bits per heavy atom. The van der Waals surface area contributed by atoms with E-state index in [-0.39, 0.29) is 11.5 Å². The number of piperazine rings is 1. The van der Waals surface area contributed by atoms with Gasteiger partial charge in [0.1, 0.15) is 5.82 Å². The molecule has 8 nitrogen and oxygen atoms in total. The van der Waals surface area contributed by atoms with Gasteiger partial charge in [-0.1, -0.05) is 6.92 Å². The van der Waals surface area contributed by atoms with Gasteiger partial charge in [-0.3, -0.25) is 14.6 Å². The monoisotopic (exact) mass is 462 g/mol. The number of anilines is 1. The highest BCUT2D eigenvalue weighted by Gasteiger charge is 2.27. The van der Waals surface area contributed by atoms with Crippen LogP contribution in [0.2, 0.25) is 0 Å². The number of nitrogens with one attached hydrogen (secondary N) is 1. The van der Waals surface area contributed by atoms with Gasteiger partial charge in [-0.25, -0.2) is 9.82 Å². The quantitative estimate of drug-likeness (QED) is 0.450. The number of fused-ring (bicyclic) bond motifs is 1. The standard InChI is InChI=1S/C25H27FN6O2/c1-2-30-9-11-31(12-10-30)23-14-22-20(13-21(23)26)24(33)18(16-32(22)19-3-4-19)15-28-29-25(34)17-5-7-27-8-6-17/h5-8,13-16,19H,2-4,9-12H2,1H3,(H,29,34)/b28-15+. The van der Waals surface area contributed by atoms with Crippen molar-refractivity contribution in [2.24, 2.45) is 5.10 Å². The summed E-state index contributed by atoms with van der Waals surface area (Å²) >= 11 is 0. The van der Waals surface area contributed by atoms with Gasteiger partial charge in [-0.15, -0.1) is 0 Å². The number of likely N-dealkylation sites (N-methyl/N-ethyl adjacent to an activating group) is 1. The van der Waals surface area contributed by atoms with Crippen LogP contribution >= 0.6 is 0 Å². The van der Waals surface area contributed by atoms with Crippen molar-refractivity contribution in [3.63, 3.8) is 0 Å². The summed E-state index contributed by atoms with van der Waals surface area (Å²) in [5.74, 6) is -0.794. The topological polar surface area (TPSA) is 82.8 Å². The lowest BCUT2D eigenvalue weighted by Crippen LogP contribution is -2.46. The number of aromatic nitrogens is 2. The van der Waals surface area contributed by atoms with E-state index in [0.717, 1.165) is 51.1 Å². The first-order chi connectivity index (χ1) is 16.5. The summed E-state index contributed by atoms with van der Waals surface area (Å²) in [6.45, 7) is 6.42. The molecular weight excluding hydrogens is 435 g/mol. The van der Waals surface area contributed by atoms with Crippen LogP contribution in [-0.2, 0) is 0 Å². The molecule has 34 heavy (non-hydrogen) atoms. The predicted octanol–water partition coefficient (Wildman–Crippen LogP) is 2.78. The molecule has 2 fully saturated rings. The molecule has 1 N–H and O–H groups in total. The fourth-order valence-corrected chi connectivity index (χ4v) is 4.40. The fourth-order valence-electron chi connectivity index (χ4n) is 4.40. The molecule has 3 aromatic rings. The van der Waals surface area contributed by atoms with E-state index in [1.165, 1.54) is 24.7 Å². The number of carbonyl (C=O) groups is 1. The van der Waals surface area contributed by atoms with Gasteiger partial charge in [0.05, 0.1) is 23.0 Å². The SMILES string of the molecule is CCN1CCN(c2cc3c(cc2F)c(=O)c(/C=N/NC(=O)c2ccncc2)cn3C2CC2)CC1. The first kappa shape index (κ1) is 22.2. The van der Waals surface area contributed by atoms with E-state index in [1.807, 2.05) is 10.6 Å². The molecule has 176 valence electrons. The van der Waals surface area contributed by atoms with Crippen LogP contribution in [0, 0.1) is 5.82 Å². The zero-order valence-corrected chi connectivity index (χ0v) is 19.1. The van der Waals surface area contributed by atoms with Gasteiger partial charge >= 0.3 is 0 Å². The van der Waals surface area contributed by atoms with E-state index in [1.54, 1.807) is 18.3 Å². The minimum atomic E-state index is -0.402. The number of amides is 1. The van der Waals surface area contributed by atoms with E-state index < -0.39 is 11.7 Å². The van der Waals surface area contributed by atoms with E-state index in [0.29, 0.717) is 22.2 Å². The zero-order chi connectivity index (χ0) is 23.7. The summed E-state index contributed by atoms with van der Waals surface area (Å²) in [4.78, 5) is 33.7. The second-order valence-corrected chi connectivity index (χ2v) is 8.73. The van der Waals surface area contributed by atoms with Crippen molar-refractivity contribution in [3.05, 3.63) is 70.0 Å². The highest BCUT2D eigenvalue weighted by molar-refractivity contribution is 5.95. The summed E-state index contributed by atoms with van der Waals surface area (Å²) in [6.07, 6.45) is 8.15. The molecule has 1 amide bonds. The Hall–Kier alpha value is -3.59. The molecule has 0 unspecified atom stereocenters. The molecule has 1 aromatic carbocycles. The van der Waals surface area contributed by atoms with Crippen LogP contribution in [0.3, 0.4) is 0 Å². The average Bonchev–Trinajstić information content (AvgIpc) is 3.71. The Labute approximate surface area is 196 Å². The Bertz CT molecular complexity index is 1290. The van der Waals surface area contributed by atoms with Crippen molar-refractivity contribution in [1.29, 1.82) is 0 Å². The summed E-state index contributed by atoms with van der Waals surface area (Å²) in [6, 6.07) is 6.59. The molecule has 2 aliphatic rings. The number of halogens is 1. The minimum absolute atomic E-state index is 0.275. The molecule has 5 rings (SSSR count). The minimum Gasteiger partial charge on any atom is -0.367 e. The Kier molecular flexibility index (Phi) is 6.10. The number of hydrogen-bond donors (Lipinski definition) is 1. The summed E-state index contributed by atoms with van der Waals surface area (Å²) in [7, 11) is 0. The molecule has 0 spiro atoms. The van der Waals surface area contributed by atoms with Crippen LogP contribution in [0.25, 0.3) is 10.9 Å². The summed E-state index contributed by atoms with van der Waals surface area (Å²) in [5, 5.41) is 4.29. The number of carbonyl (C=O) groups excluding carboxylic acids is 1. The Balaban J connectivity index is 1.46. The highest BCUT2D eigenvalue weighted by atomic mass is 19.1. The third-order valence-corrected chi connectivity index (χ3v) is 6.54. The van der Waals surface area contributed by atoms with Crippen molar-refractivity contribution in [2.75, 3.05) is 37.6 Å². The number of benzene rings is 1. The van der Waals surface area contributed by atoms with E-state index >= 15 is 4.39 Å². The van der Waals surface area contributed by atoms with Crippen LogP contribution in [-0.4, -0.2) is 59.3 Å². The van der Waals surface area contributed by atoms with Gasteiger partial charge in [0.25, 0.3) is 5.91 Å². The van der Waals surface area contributed by atoms with Gasteiger partial charge in [0.15, 0.2) is 5.43 Å². The maximum Gasteiger partial charge on any atom is 0.271 e. The molecule has 1 aliphatic heterocycles. The van der Waals surface area contributed by atoms with Crippen molar-refractivity contribution in [2.45, 2.75) is 25.8 Å². The van der Waals surface area contributed by atoms with E-state index in [4.69, 9.17) is 0 Å². The van der Waals surface area contributed by atoms with Crippen molar-refractivity contribution in [1.82, 2.24) is 19.9 Å². The molecule has 0 atom stereocenters. The molecule has 0 radical (unpaired) electrons. The second-order valence-electron chi connectivity index (χ2n) is 8.73. The lowest BCUT2D eigenvalue weighted by Gasteiger charge is -2.35. The Morgan fingerprint density at radius 3 is 2.62 bits per heavy atom. The molecular formula is C25H27FN6O2. The van der Waals surface area contributed by atoms with Gasteiger partial charge < -0.3 is 14.4 Å². The number of hydrogen-bond acceptors (Lipinski definition) is 6. The summed E-state index contributed by atoms with van der Waals surface area (Å²) < 4.78 is 17.2. The Morgan fingerprint density at radius 2 is 1.94 bits per heavy atom. The molecule has 2 aromatic heterocycles. The van der Waals surface area contributed by atoms with E-state index in [2.05, 4.69) is 32.2 Å².